The van der Waals surface area contributed by atoms with Crippen molar-refractivity contribution < 1.29 is 9.47 Å². The molecule has 5 heteroatoms. The van der Waals surface area contributed by atoms with Gasteiger partial charge in [-0.1, -0.05) is 6.92 Å². The minimum atomic E-state index is 0.180. The van der Waals surface area contributed by atoms with Crippen LogP contribution in [0.3, 0.4) is 0 Å². The normalized spacial score (nSPS) is 19.8. The van der Waals surface area contributed by atoms with E-state index in [0.29, 0.717) is 18.3 Å². The molecule has 1 aromatic heterocycles. The molecule has 1 saturated heterocycles. The van der Waals surface area contributed by atoms with E-state index >= 15 is 0 Å². The van der Waals surface area contributed by atoms with E-state index in [4.69, 9.17) is 15.2 Å². The molecule has 1 fully saturated rings. The van der Waals surface area contributed by atoms with E-state index < -0.39 is 0 Å². The Balaban J connectivity index is 2.01. The molecule has 5 nitrogen and oxygen atoms in total. The number of rotatable bonds is 4. The van der Waals surface area contributed by atoms with Gasteiger partial charge in [-0.05, 0) is 26.2 Å². The van der Waals surface area contributed by atoms with Gasteiger partial charge >= 0.3 is 0 Å². The third-order valence-corrected chi connectivity index (χ3v) is 3.18. The summed E-state index contributed by atoms with van der Waals surface area (Å²) in [7, 11) is 0. The van der Waals surface area contributed by atoms with Gasteiger partial charge in [0, 0.05) is 13.0 Å². The molecular formula is C13H21N3O2. The van der Waals surface area contributed by atoms with Crippen LogP contribution in [0.1, 0.15) is 37.6 Å². The van der Waals surface area contributed by atoms with E-state index in [1.807, 2.05) is 13.8 Å². The van der Waals surface area contributed by atoms with Gasteiger partial charge in [0.25, 0.3) is 0 Å². The predicted molar refractivity (Wildman–Crippen MR) is 69.6 cm³/mol. The minimum absolute atomic E-state index is 0.180. The van der Waals surface area contributed by atoms with Crippen molar-refractivity contribution in [2.75, 3.05) is 18.9 Å². The van der Waals surface area contributed by atoms with Crippen LogP contribution in [0.15, 0.2) is 0 Å². The summed E-state index contributed by atoms with van der Waals surface area (Å²) in [5.41, 5.74) is 6.65. The Morgan fingerprint density at radius 1 is 1.39 bits per heavy atom. The first-order valence-electron chi connectivity index (χ1n) is 6.58. The van der Waals surface area contributed by atoms with E-state index in [2.05, 4.69) is 9.97 Å². The van der Waals surface area contributed by atoms with E-state index in [-0.39, 0.29) is 6.10 Å². The van der Waals surface area contributed by atoms with Crippen LogP contribution < -0.4 is 10.5 Å². The number of aromatic nitrogens is 2. The van der Waals surface area contributed by atoms with Crippen molar-refractivity contribution in [3.63, 3.8) is 0 Å². The predicted octanol–water partition coefficient (Wildman–Crippen LogP) is 1.88. The lowest BCUT2D eigenvalue weighted by atomic mass is 10.1. The summed E-state index contributed by atoms with van der Waals surface area (Å²) in [5, 5.41) is 0. The average molecular weight is 251 g/mol. The summed E-state index contributed by atoms with van der Waals surface area (Å²) in [6.07, 6.45) is 4.34. The van der Waals surface area contributed by atoms with Gasteiger partial charge in [-0.25, -0.2) is 4.98 Å². The Kier molecular flexibility index (Phi) is 4.36. The molecule has 18 heavy (non-hydrogen) atoms. The molecule has 2 rings (SSSR count). The second-order valence-electron chi connectivity index (χ2n) is 4.61. The molecule has 0 saturated carbocycles. The Morgan fingerprint density at radius 2 is 2.22 bits per heavy atom. The van der Waals surface area contributed by atoms with Crippen LogP contribution >= 0.6 is 0 Å². The van der Waals surface area contributed by atoms with Gasteiger partial charge in [-0.15, -0.1) is 0 Å². The van der Waals surface area contributed by atoms with E-state index in [9.17, 15) is 0 Å². The SMILES string of the molecule is CCc1nc(N)c(C)c(OCC2CCCCO2)n1. The number of anilines is 1. The lowest BCUT2D eigenvalue weighted by Gasteiger charge is -2.22. The minimum Gasteiger partial charge on any atom is -0.475 e. The number of hydrogen-bond donors (Lipinski definition) is 1. The van der Waals surface area contributed by atoms with Crippen LogP contribution in [-0.4, -0.2) is 29.3 Å². The fourth-order valence-electron chi connectivity index (χ4n) is 1.97. The van der Waals surface area contributed by atoms with Crippen molar-refractivity contribution in [2.24, 2.45) is 0 Å². The van der Waals surface area contributed by atoms with Crippen LogP contribution in [0.25, 0.3) is 0 Å². The summed E-state index contributed by atoms with van der Waals surface area (Å²) in [5.74, 6) is 1.81. The Hall–Kier alpha value is -1.36. The van der Waals surface area contributed by atoms with Crippen LogP contribution in [0, 0.1) is 6.92 Å². The first kappa shape index (κ1) is 13.1. The van der Waals surface area contributed by atoms with Gasteiger partial charge in [0.05, 0.1) is 11.7 Å². The molecule has 0 radical (unpaired) electrons. The van der Waals surface area contributed by atoms with E-state index in [1.54, 1.807) is 0 Å². The molecule has 1 aliphatic rings. The Morgan fingerprint density at radius 3 is 2.89 bits per heavy atom. The van der Waals surface area contributed by atoms with E-state index in [1.165, 1.54) is 6.42 Å². The molecule has 0 bridgehead atoms. The summed E-state index contributed by atoms with van der Waals surface area (Å²) in [6, 6.07) is 0. The average Bonchev–Trinajstić information content (AvgIpc) is 2.41. The highest BCUT2D eigenvalue weighted by Crippen LogP contribution is 2.21. The molecule has 0 amide bonds. The number of aryl methyl sites for hydroxylation is 1. The number of ether oxygens (including phenoxy) is 2. The van der Waals surface area contributed by atoms with Crippen molar-refractivity contribution in [3.8, 4) is 5.88 Å². The second-order valence-corrected chi connectivity index (χ2v) is 4.61. The van der Waals surface area contributed by atoms with Crippen molar-refractivity contribution in [1.29, 1.82) is 0 Å². The molecule has 1 aromatic rings. The smallest absolute Gasteiger partial charge is 0.221 e. The van der Waals surface area contributed by atoms with Gasteiger partial charge in [-0.3, -0.25) is 0 Å². The molecule has 1 unspecified atom stereocenters. The highest BCUT2D eigenvalue weighted by molar-refractivity contribution is 5.44. The summed E-state index contributed by atoms with van der Waals surface area (Å²) < 4.78 is 11.4. The molecule has 1 atom stereocenters. The molecule has 1 aliphatic heterocycles. The van der Waals surface area contributed by atoms with Gasteiger partial charge in [0.1, 0.15) is 18.2 Å². The van der Waals surface area contributed by atoms with Crippen LogP contribution in [0.2, 0.25) is 0 Å². The molecule has 2 N–H and O–H groups in total. The third kappa shape index (κ3) is 3.10. The number of hydrogen-bond acceptors (Lipinski definition) is 5. The zero-order chi connectivity index (χ0) is 13.0. The summed E-state index contributed by atoms with van der Waals surface area (Å²) in [4.78, 5) is 8.57. The van der Waals surface area contributed by atoms with Gasteiger partial charge in [-0.2, -0.15) is 4.98 Å². The standard InChI is InChI=1S/C13H21N3O2/c1-3-11-15-12(14)9(2)13(16-11)18-8-10-6-4-5-7-17-10/h10H,3-8H2,1-2H3,(H2,14,15,16). The van der Waals surface area contributed by atoms with Crippen LogP contribution in [0.4, 0.5) is 5.82 Å². The molecule has 0 spiro atoms. The fourth-order valence-corrected chi connectivity index (χ4v) is 1.97. The molecule has 2 heterocycles. The maximum absolute atomic E-state index is 5.84. The molecular weight excluding hydrogens is 230 g/mol. The lowest BCUT2D eigenvalue weighted by Crippen LogP contribution is -2.26. The fraction of sp³-hybridized carbons (Fsp3) is 0.692. The Labute approximate surface area is 108 Å². The number of nitrogens with zero attached hydrogens (tertiary/aromatic N) is 2. The zero-order valence-corrected chi connectivity index (χ0v) is 11.1. The van der Waals surface area contributed by atoms with Crippen molar-refractivity contribution in [2.45, 2.75) is 45.6 Å². The molecule has 100 valence electrons. The lowest BCUT2D eigenvalue weighted by molar-refractivity contribution is -0.0121. The quantitative estimate of drug-likeness (QED) is 0.884. The molecule has 0 aliphatic carbocycles. The maximum Gasteiger partial charge on any atom is 0.221 e. The second kappa shape index (κ2) is 6.00. The van der Waals surface area contributed by atoms with Crippen molar-refractivity contribution in [3.05, 3.63) is 11.4 Å². The van der Waals surface area contributed by atoms with Gasteiger partial charge < -0.3 is 15.2 Å². The Bertz CT molecular complexity index is 403. The maximum atomic E-state index is 5.84. The van der Waals surface area contributed by atoms with Gasteiger partial charge in [0.2, 0.25) is 5.88 Å². The largest absolute Gasteiger partial charge is 0.475 e. The zero-order valence-electron chi connectivity index (χ0n) is 11.1. The highest BCUT2D eigenvalue weighted by Gasteiger charge is 2.16. The highest BCUT2D eigenvalue weighted by atomic mass is 16.5. The topological polar surface area (TPSA) is 70.3 Å². The van der Waals surface area contributed by atoms with Crippen molar-refractivity contribution >= 4 is 5.82 Å². The van der Waals surface area contributed by atoms with Crippen LogP contribution in [0.5, 0.6) is 5.88 Å². The summed E-state index contributed by atoms with van der Waals surface area (Å²) in [6.45, 7) is 5.25. The van der Waals surface area contributed by atoms with Crippen molar-refractivity contribution in [1.82, 2.24) is 9.97 Å². The first-order valence-corrected chi connectivity index (χ1v) is 6.58. The monoisotopic (exact) mass is 251 g/mol. The third-order valence-electron chi connectivity index (χ3n) is 3.18. The number of nitrogens with two attached hydrogens (primary N) is 1. The summed E-state index contributed by atoms with van der Waals surface area (Å²) >= 11 is 0. The first-order chi connectivity index (χ1) is 8.70. The van der Waals surface area contributed by atoms with Gasteiger partial charge in [0.15, 0.2) is 0 Å². The van der Waals surface area contributed by atoms with E-state index in [0.717, 1.165) is 37.3 Å². The number of nitrogen functional groups attached to an aromatic ring is 1. The molecule has 0 aromatic carbocycles. The van der Waals surface area contributed by atoms with Crippen LogP contribution in [-0.2, 0) is 11.2 Å².